The first-order chi connectivity index (χ1) is 10.1. The Kier molecular flexibility index (Phi) is 3.89. The molecule has 2 aliphatic heterocycles. The maximum absolute atomic E-state index is 12.8. The quantitative estimate of drug-likeness (QED) is 0.899. The van der Waals surface area contributed by atoms with E-state index in [0.717, 1.165) is 26.1 Å². The third-order valence-electron chi connectivity index (χ3n) is 4.92. The van der Waals surface area contributed by atoms with E-state index in [1.165, 1.54) is 11.3 Å². The Bertz CT molecular complexity index is 529. The van der Waals surface area contributed by atoms with E-state index >= 15 is 0 Å². The Morgan fingerprint density at radius 1 is 1.29 bits per heavy atom. The average molecular weight is 287 g/mol. The van der Waals surface area contributed by atoms with Crippen LogP contribution in [0.25, 0.3) is 0 Å². The number of likely N-dealkylation sites (tertiary alicyclic amines) is 1. The van der Waals surface area contributed by atoms with Gasteiger partial charge in [0.15, 0.2) is 0 Å². The summed E-state index contributed by atoms with van der Waals surface area (Å²) in [6.07, 6.45) is 0.861. The van der Waals surface area contributed by atoms with Gasteiger partial charge in [-0.25, -0.2) is 0 Å². The largest absolute Gasteiger partial charge is 0.384 e. The number of fused-ring (bicyclic) bond motifs is 1. The second-order valence-corrected chi connectivity index (χ2v) is 6.69. The van der Waals surface area contributed by atoms with E-state index in [2.05, 4.69) is 48.3 Å². The van der Waals surface area contributed by atoms with Crippen LogP contribution in [0.15, 0.2) is 24.3 Å². The van der Waals surface area contributed by atoms with Crippen molar-refractivity contribution in [1.82, 2.24) is 9.80 Å². The molecule has 0 bridgehead atoms. The first-order valence-corrected chi connectivity index (χ1v) is 7.83. The Labute approximate surface area is 127 Å². The van der Waals surface area contributed by atoms with Crippen LogP contribution in [0.2, 0.25) is 0 Å². The minimum Gasteiger partial charge on any atom is -0.384 e. The van der Waals surface area contributed by atoms with Crippen LogP contribution in [0.5, 0.6) is 0 Å². The topological polar surface area (TPSA) is 35.6 Å². The maximum Gasteiger partial charge on any atom is 0.227 e. The highest BCUT2D eigenvalue weighted by Gasteiger charge is 2.37. The Morgan fingerprint density at radius 3 is 2.76 bits per heavy atom. The van der Waals surface area contributed by atoms with E-state index in [-0.39, 0.29) is 5.92 Å². The summed E-state index contributed by atoms with van der Waals surface area (Å²) in [5.41, 5.74) is 2.45. The molecule has 4 nitrogen and oxygen atoms in total. The number of likely N-dealkylation sites (N-methyl/N-ethyl adjacent to an activating group) is 1. The molecule has 2 aliphatic rings. The number of benzene rings is 1. The van der Waals surface area contributed by atoms with Gasteiger partial charge in [0.25, 0.3) is 0 Å². The molecule has 3 atom stereocenters. The van der Waals surface area contributed by atoms with Crippen molar-refractivity contribution < 1.29 is 4.79 Å². The molecular weight excluding hydrogens is 262 g/mol. The first kappa shape index (κ1) is 14.4. The van der Waals surface area contributed by atoms with Crippen LogP contribution in [0.1, 0.15) is 12.5 Å². The predicted molar refractivity (Wildman–Crippen MR) is 85.3 cm³/mol. The fraction of sp³-hybridized carbons (Fsp3) is 0.588. The van der Waals surface area contributed by atoms with Crippen molar-refractivity contribution in [2.24, 2.45) is 11.8 Å². The molecule has 1 fully saturated rings. The Balaban J connectivity index is 1.68. The maximum atomic E-state index is 12.8. The monoisotopic (exact) mass is 287 g/mol. The van der Waals surface area contributed by atoms with E-state index < -0.39 is 0 Å². The molecule has 3 rings (SSSR count). The van der Waals surface area contributed by atoms with Crippen molar-refractivity contribution in [3.05, 3.63) is 29.8 Å². The van der Waals surface area contributed by atoms with Crippen LogP contribution in [-0.2, 0) is 11.2 Å². The van der Waals surface area contributed by atoms with Gasteiger partial charge in [0.1, 0.15) is 0 Å². The number of amides is 1. The molecule has 0 spiro atoms. The molecule has 1 aromatic rings. The smallest absolute Gasteiger partial charge is 0.227 e. The second-order valence-electron chi connectivity index (χ2n) is 6.69. The molecule has 3 unspecified atom stereocenters. The molecule has 1 N–H and O–H groups in total. The number of rotatable bonds is 2. The van der Waals surface area contributed by atoms with E-state index in [0.29, 0.717) is 17.9 Å². The Hall–Kier alpha value is -1.55. The molecule has 4 heteroatoms. The lowest BCUT2D eigenvalue weighted by Crippen LogP contribution is -2.41. The van der Waals surface area contributed by atoms with Gasteiger partial charge in [0.05, 0.1) is 5.92 Å². The summed E-state index contributed by atoms with van der Waals surface area (Å²) in [5, 5.41) is 3.40. The summed E-state index contributed by atoms with van der Waals surface area (Å²) in [6.45, 7) is 4.75. The molecule has 0 saturated carbocycles. The molecule has 0 aliphatic carbocycles. The minimum atomic E-state index is 0.0769. The molecule has 0 radical (unpaired) electrons. The molecule has 1 saturated heterocycles. The third-order valence-corrected chi connectivity index (χ3v) is 4.92. The minimum absolute atomic E-state index is 0.0769. The highest BCUT2D eigenvalue weighted by Crippen LogP contribution is 2.28. The van der Waals surface area contributed by atoms with Crippen molar-refractivity contribution in [2.75, 3.05) is 39.0 Å². The van der Waals surface area contributed by atoms with Gasteiger partial charge in [-0.3, -0.25) is 4.79 Å². The molecule has 2 heterocycles. The van der Waals surface area contributed by atoms with E-state index in [1.54, 1.807) is 0 Å². The summed E-state index contributed by atoms with van der Waals surface area (Å²) in [4.78, 5) is 17.1. The standard InChI is InChI=1S/C17H25N3O/c1-12-10-20(11-16(12)19(2)3)17(21)14-8-13-6-4-5-7-15(13)18-9-14/h4-7,12,14,16,18H,8-11H2,1-3H3. The lowest BCUT2D eigenvalue weighted by Gasteiger charge is -2.29. The van der Waals surface area contributed by atoms with Crippen LogP contribution >= 0.6 is 0 Å². The van der Waals surface area contributed by atoms with Gasteiger partial charge < -0.3 is 15.1 Å². The lowest BCUT2D eigenvalue weighted by atomic mass is 9.93. The second kappa shape index (κ2) is 5.68. The highest BCUT2D eigenvalue weighted by atomic mass is 16.2. The van der Waals surface area contributed by atoms with Crippen molar-refractivity contribution in [1.29, 1.82) is 0 Å². The number of nitrogens with one attached hydrogen (secondary N) is 1. The van der Waals surface area contributed by atoms with Gasteiger partial charge in [0.2, 0.25) is 5.91 Å². The summed E-state index contributed by atoms with van der Waals surface area (Å²) in [6, 6.07) is 8.79. The third kappa shape index (κ3) is 2.77. The molecular formula is C17H25N3O. The van der Waals surface area contributed by atoms with Crippen LogP contribution in [-0.4, -0.2) is 55.5 Å². The number of anilines is 1. The summed E-state index contributed by atoms with van der Waals surface area (Å²) in [5.74, 6) is 0.939. The zero-order valence-electron chi connectivity index (χ0n) is 13.2. The number of hydrogen-bond donors (Lipinski definition) is 1. The van der Waals surface area contributed by atoms with Crippen LogP contribution in [0.3, 0.4) is 0 Å². The van der Waals surface area contributed by atoms with E-state index in [1.807, 2.05) is 12.1 Å². The SMILES string of the molecule is CC1CN(C(=O)C2CNc3ccccc3C2)CC1N(C)C. The molecule has 0 aromatic heterocycles. The average Bonchev–Trinajstić information content (AvgIpc) is 2.88. The van der Waals surface area contributed by atoms with Gasteiger partial charge in [-0.1, -0.05) is 25.1 Å². The lowest BCUT2D eigenvalue weighted by molar-refractivity contribution is -0.134. The molecule has 114 valence electrons. The zero-order valence-corrected chi connectivity index (χ0v) is 13.2. The highest BCUT2D eigenvalue weighted by molar-refractivity contribution is 5.81. The molecule has 1 amide bonds. The molecule has 1 aromatic carbocycles. The van der Waals surface area contributed by atoms with Gasteiger partial charge in [-0.15, -0.1) is 0 Å². The van der Waals surface area contributed by atoms with Gasteiger partial charge in [-0.05, 0) is 38.1 Å². The normalized spacial score (nSPS) is 28.4. The zero-order chi connectivity index (χ0) is 15.0. The number of carbonyl (C=O) groups excluding carboxylic acids is 1. The summed E-state index contributed by atoms with van der Waals surface area (Å²) >= 11 is 0. The van der Waals surface area contributed by atoms with Crippen LogP contribution in [0.4, 0.5) is 5.69 Å². The summed E-state index contributed by atoms with van der Waals surface area (Å²) < 4.78 is 0. The van der Waals surface area contributed by atoms with Gasteiger partial charge in [0, 0.05) is 31.4 Å². The summed E-state index contributed by atoms with van der Waals surface area (Å²) in [7, 11) is 4.21. The predicted octanol–water partition coefficient (Wildman–Crippen LogP) is 1.68. The van der Waals surface area contributed by atoms with Crippen molar-refractivity contribution in [3.63, 3.8) is 0 Å². The van der Waals surface area contributed by atoms with E-state index in [4.69, 9.17) is 0 Å². The van der Waals surface area contributed by atoms with Crippen LogP contribution in [0, 0.1) is 11.8 Å². The van der Waals surface area contributed by atoms with Gasteiger partial charge in [-0.2, -0.15) is 0 Å². The fourth-order valence-corrected chi connectivity index (χ4v) is 3.68. The first-order valence-electron chi connectivity index (χ1n) is 7.83. The Morgan fingerprint density at radius 2 is 2.05 bits per heavy atom. The molecule has 21 heavy (non-hydrogen) atoms. The van der Waals surface area contributed by atoms with Crippen molar-refractivity contribution in [3.8, 4) is 0 Å². The van der Waals surface area contributed by atoms with E-state index in [9.17, 15) is 4.79 Å². The number of nitrogens with zero attached hydrogens (tertiary/aromatic N) is 2. The number of para-hydroxylation sites is 1. The van der Waals surface area contributed by atoms with Crippen molar-refractivity contribution in [2.45, 2.75) is 19.4 Å². The fourth-order valence-electron chi connectivity index (χ4n) is 3.68. The number of hydrogen-bond acceptors (Lipinski definition) is 3. The van der Waals surface area contributed by atoms with Gasteiger partial charge >= 0.3 is 0 Å². The van der Waals surface area contributed by atoms with Crippen molar-refractivity contribution >= 4 is 11.6 Å². The van der Waals surface area contributed by atoms with Crippen LogP contribution < -0.4 is 5.32 Å². The number of carbonyl (C=O) groups is 1.